The molecule has 0 radical (unpaired) electrons. The van der Waals surface area contributed by atoms with Gasteiger partial charge in [-0.1, -0.05) is 13.8 Å². The number of nitrogen functional groups attached to an aromatic ring is 1. The fraction of sp³-hybridized carbons (Fsp3) is 0.769. The van der Waals surface area contributed by atoms with Crippen molar-refractivity contribution in [3.8, 4) is 0 Å². The largest absolute Gasteiger partial charge is 0.394 e. The minimum atomic E-state index is 0.319. The smallest absolute Gasteiger partial charge is 0.148 e. The van der Waals surface area contributed by atoms with Crippen LogP contribution in [0.1, 0.15) is 52.8 Å². The summed E-state index contributed by atoms with van der Waals surface area (Å²) in [6.45, 7) is 12.8. The second-order valence-corrected chi connectivity index (χ2v) is 5.56. The van der Waals surface area contributed by atoms with Crippen LogP contribution in [0.3, 0.4) is 0 Å². The summed E-state index contributed by atoms with van der Waals surface area (Å²) in [6, 6.07) is 0.727. The lowest BCUT2D eigenvalue weighted by molar-refractivity contribution is 0.512. The molecule has 1 atom stereocenters. The van der Waals surface area contributed by atoms with Gasteiger partial charge in [0, 0.05) is 12.1 Å². The van der Waals surface area contributed by atoms with Crippen LogP contribution in [-0.4, -0.2) is 15.8 Å². The van der Waals surface area contributed by atoms with E-state index in [-0.39, 0.29) is 0 Å². The van der Waals surface area contributed by atoms with Gasteiger partial charge >= 0.3 is 0 Å². The molecule has 0 saturated carbocycles. The van der Waals surface area contributed by atoms with Crippen molar-refractivity contribution in [2.24, 2.45) is 5.92 Å². The van der Waals surface area contributed by atoms with E-state index in [0.29, 0.717) is 18.0 Å². The maximum atomic E-state index is 6.07. The van der Waals surface area contributed by atoms with Crippen LogP contribution in [0.15, 0.2) is 0 Å². The topological polar surface area (TPSA) is 55.9 Å². The molecule has 98 valence electrons. The molecule has 0 aliphatic heterocycles. The number of aryl methyl sites for hydroxylation is 1. The highest BCUT2D eigenvalue weighted by atomic mass is 15.4. The van der Waals surface area contributed by atoms with Gasteiger partial charge in [-0.15, -0.1) is 0 Å². The Bertz CT molecular complexity index is 366. The number of nitrogens with zero attached hydrogens (tertiary/aromatic N) is 2. The third-order valence-corrected chi connectivity index (χ3v) is 2.83. The predicted molar refractivity (Wildman–Crippen MR) is 74.3 cm³/mol. The molecule has 1 unspecified atom stereocenters. The molecule has 4 nitrogen and oxygen atoms in total. The third-order valence-electron chi connectivity index (χ3n) is 2.83. The third kappa shape index (κ3) is 3.38. The van der Waals surface area contributed by atoms with E-state index in [1.807, 2.05) is 11.6 Å². The second kappa shape index (κ2) is 5.43. The van der Waals surface area contributed by atoms with Crippen molar-refractivity contribution in [2.45, 2.75) is 60.0 Å². The number of anilines is 2. The predicted octanol–water partition coefficient (Wildman–Crippen LogP) is 3.20. The average Bonchev–Trinajstić information content (AvgIpc) is 2.44. The van der Waals surface area contributed by atoms with Gasteiger partial charge in [-0.3, -0.25) is 0 Å². The minimum Gasteiger partial charge on any atom is -0.394 e. The quantitative estimate of drug-likeness (QED) is 0.828. The molecular formula is C13H26N4. The van der Waals surface area contributed by atoms with Gasteiger partial charge < -0.3 is 11.1 Å². The van der Waals surface area contributed by atoms with Crippen LogP contribution < -0.4 is 11.1 Å². The van der Waals surface area contributed by atoms with Crippen LogP contribution in [0.5, 0.6) is 0 Å². The van der Waals surface area contributed by atoms with E-state index in [1.54, 1.807) is 0 Å². The summed E-state index contributed by atoms with van der Waals surface area (Å²) in [6.07, 6.45) is 1.13. The van der Waals surface area contributed by atoms with Crippen molar-refractivity contribution in [1.29, 1.82) is 0 Å². The molecule has 3 N–H and O–H groups in total. The summed E-state index contributed by atoms with van der Waals surface area (Å²) in [5.74, 6) is 1.64. The van der Waals surface area contributed by atoms with Crippen LogP contribution in [0.25, 0.3) is 0 Å². The molecule has 4 heteroatoms. The lowest BCUT2D eigenvalue weighted by Crippen LogP contribution is -2.21. The van der Waals surface area contributed by atoms with Gasteiger partial charge in [0.2, 0.25) is 0 Å². The SMILES string of the molecule is Cc1nn(C(C)C)c(NC(C)CC(C)C)c1N. The molecular weight excluding hydrogens is 212 g/mol. The van der Waals surface area contributed by atoms with Gasteiger partial charge in [0.1, 0.15) is 5.82 Å². The van der Waals surface area contributed by atoms with Crippen LogP contribution in [-0.2, 0) is 0 Å². The molecule has 0 fully saturated rings. The van der Waals surface area contributed by atoms with Crippen molar-refractivity contribution in [1.82, 2.24) is 9.78 Å². The Balaban J connectivity index is 2.89. The van der Waals surface area contributed by atoms with E-state index in [2.05, 4.69) is 45.0 Å². The first-order valence-electron chi connectivity index (χ1n) is 6.44. The first kappa shape index (κ1) is 13.9. The highest BCUT2D eigenvalue weighted by molar-refractivity contribution is 5.65. The summed E-state index contributed by atoms with van der Waals surface area (Å²) in [4.78, 5) is 0. The maximum Gasteiger partial charge on any atom is 0.148 e. The van der Waals surface area contributed by atoms with Crippen molar-refractivity contribution >= 4 is 11.5 Å². The van der Waals surface area contributed by atoms with E-state index in [0.717, 1.165) is 23.6 Å². The molecule has 0 aliphatic rings. The van der Waals surface area contributed by atoms with E-state index in [9.17, 15) is 0 Å². The van der Waals surface area contributed by atoms with Crippen molar-refractivity contribution in [3.63, 3.8) is 0 Å². The highest BCUT2D eigenvalue weighted by Gasteiger charge is 2.16. The van der Waals surface area contributed by atoms with Gasteiger partial charge in [0.05, 0.1) is 11.4 Å². The summed E-state index contributed by atoms with van der Waals surface area (Å²) in [7, 11) is 0. The molecule has 0 aromatic carbocycles. The number of hydrogen-bond acceptors (Lipinski definition) is 3. The Morgan fingerprint density at radius 2 is 1.82 bits per heavy atom. The Morgan fingerprint density at radius 3 is 2.29 bits per heavy atom. The van der Waals surface area contributed by atoms with Gasteiger partial charge in [-0.2, -0.15) is 5.10 Å². The zero-order valence-corrected chi connectivity index (χ0v) is 11.9. The number of hydrogen-bond donors (Lipinski definition) is 2. The van der Waals surface area contributed by atoms with Gasteiger partial charge in [0.15, 0.2) is 0 Å². The Kier molecular flexibility index (Phi) is 4.43. The van der Waals surface area contributed by atoms with Crippen molar-refractivity contribution in [3.05, 3.63) is 5.69 Å². The van der Waals surface area contributed by atoms with Crippen LogP contribution in [0, 0.1) is 12.8 Å². The first-order chi connectivity index (χ1) is 7.82. The van der Waals surface area contributed by atoms with Crippen molar-refractivity contribution < 1.29 is 0 Å². The molecule has 1 rings (SSSR count). The van der Waals surface area contributed by atoms with E-state index in [1.165, 1.54) is 0 Å². The Hall–Kier alpha value is -1.19. The standard InChI is InChI=1S/C13H26N4/c1-8(2)7-10(5)15-13-12(14)11(6)16-17(13)9(3)4/h8-10,15H,7,14H2,1-6H3. The van der Waals surface area contributed by atoms with E-state index in [4.69, 9.17) is 5.73 Å². The Morgan fingerprint density at radius 1 is 1.24 bits per heavy atom. The second-order valence-electron chi connectivity index (χ2n) is 5.56. The molecule has 1 aromatic rings. The lowest BCUT2D eigenvalue weighted by Gasteiger charge is -2.20. The zero-order valence-electron chi connectivity index (χ0n) is 11.9. The van der Waals surface area contributed by atoms with Crippen molar-refractivity contribution in [2.75, 3.05) is 11.1 Å². The molecule has 0 saturated heterocycles. The minimum absolute atomic E-state index is 0.319. The lowest BCUT2D eigenvalue weighted by atomic mass is 10.1. The van der Waals surface area contributed by atoms with Gasteiger partial charge in [-0.25, -0.2) is 4.68 Å². The average molecular weight is 238 g/mol. The van der Waals surface area contributed by atoms with Crippen LogP contribution >= 0.6 is 0 Å². The molecule has 0 spiro atoms. The molecule has 0 amide bonds. The molecule has 1 aromatic heterocycles. The van der Waals surface area contributed by atoms with Crippen LogP contribution in [0.4, 0.5) is 11.5 Å². The number of nitrogens with two attached hydrogens (primary N) is 1. The maximum absolute atomic E-state index is 6.07. The molecule has 0 aliphatic carbocycles. The molecule has 1 heterocycles. The summed E-state index contributed by atoms with van der Waals surface area (Å²) >= 11 is 0. The highest BCUT2D eigenvalue weighted by Crippen LogP contribution is 2.26. The fourth-order valence-corrected chi connectivity index (χ4v) is 2.08. The summed E-state index contributed by atoms with van der Waals surface area (Å²) in [5.41, 5.74) is 7.75. The molecule has 0 bridgehead atoms. The summed E-state index contributed by atoms with van der Waals surface area (Å²) < 4.78 is 1.97. The van der Waals surface area contributed by atoms with E-state index < -0.39 is 0 Å². The van der Waals surface area contributed by atoms with Gasteiger partial charge in [-0.05, 0) is 40.0 Å². The molecule has 17 heavy (non-hydrogen) atoms. The summed E-state index contributed by atoms with van der Waals surface area (Å²) in [5, 5.41) is 7.96. The van der Waals surface area contributed by atoms with Crippen LogP contribution in [0.2, 0.25) is 0 Å². The Labute approximate surface area is 105 Å². The first-order valence-corrected chi connectivity index (χ1v) is 6.44. The monoisotopic (exact) mass is 238 g/mol. The number of nitrogens with one attached hydrogen (secondary N) is 1. The zero-order chi connectivity index (χ0) is 13.2. The van der Waals surface area contributed by atoms with Gasteiger partial charge in [0.25, 0.3) is 0 Å². The number of aromatic nitrogens is 2. The van der Waals surface area contributed by atoms with E-state index >= 15 is 0 Å². The normalized spacial score (nSPS) is 13.4. The number of rotatable bonds is 5. The fourth-order valence-electron chi connectivity index (χ4n) is 2.08.